The average Bonchev–Trinajstić information content (AvgIpc) is 3.05. The van der Waals surface area contributed by atoms with Crippen LogP contribution in [-0.2, 0) is 33.2 Å². The summed E-state index contributed by atoms with van der Waals surface area (Å²) in [7, 11) is 8.97. The molecule has 0 saturated carbocycles. The summed E-state index contributed by atoms with van der Waals surface area (Å²) < 4.78 is 55.1. The summed E-state index contributed by atoms with van der Waals surface area (Å²) in [6.07, 6.45) is -1.93. The second-order valence-electron chi connectivity index (χ2n) is 9.69. The zero-order valence-corrected chi connectivity index (χ0v) is 27.3. The molecular weight excluding hydrogens is 631 g/mol. The Morgan fingerprint density at radius 1 is 0.667 bits per heavy atom. The number of carbonyl (C=O) groups excluding carboxylic acids is 1. The Labute approximate surface area is 272 Å². The number of methoxy groups -OCH3 is 6. The second kappa shape index (κ2) is 16.4. The van der Waals surface area contributed by atoms with Crippen LogP contribution in [0.3, 0.4) is 0 Å². The second-order valence-corrected chi connectivity index (χ2v) is 10.5. The highest BCUT2D eigenvalue weighted by Crippen LogP contribution is 2.52. The fourth-order valence-corrected chi connectivity index (χ4v) is 5.19. The van der Waals surface area contributed by atoms with Crippen LogP contribution >= 0.6 is 23.2 Å². The molecule has 13 heteroatoms. The lowest BCUT2D eigenvalue weighted by atomic mass is 9.80. The molecule has 0 amide bonds. The molecule has 0 spiro atoms. The fourth-order valence-electron chi connectivity index (χ4n) is 4.74. The SMILES string of the molecule is COC(COC(=O)c1ccccc1C1c2cc(Cl)c(OCC(OC)OC)cc2Oc2cc(OCC(OC)OC)c(Cl)cc21)OC. The molecule has 0 saturated heterocycles. The largest absolute Gasteiger partial charge is 0.487 e. The molecule has 1 aliphatic heterocycles. The Kier molecular flexibility index (Phi) is 12.7. The Morgan fingerprint density at radius 3 is 1.58 bits per heavy atom. The molecule has 11 nitrogen and oxygen atoms in total. The smallest absolute Gasteiger partial charge is 0.338 e. The van der Waals surface area contributed by atoms with Gasteiger partial charge in [0.1, 0.15) is 42.8 Å². The van der Waals surface area contributed by atoms with Crippen LogP contribution < -0.4 is 14.2 Å². The van der Waals surface area contributed by atoms with Crippen molar-refractivity contribution >= 4 is 29.2 Å². The average molecular weight is 668 g/mol. The minimum absolute atomic E-state index is 0.0813. The van der Waals surface area contributed by atoms with Crippen LogP contribution in [0, 0.1) is 0 Å². The van der Waals surface area contributed by atoms with Gasteiger partial charge in [0.15, 0.2) is 18.9 Å². The fraction of sp³-hybridized carbons (Fsp3) is 0.406. The molecule has 0 unspecified atom stereocenters. The summed E-state index contributed by atoms with van der Waals surface area (Å²) in [5.74, 6) is 0.473. The number of hydrogen-bond acceptors (Lipinski definition) is 11. The molecule has 1 heterocycles. The molecule has 3 aromatic rings. The first-order chi connectivity index (χ1) is 21.8. The molecule has 0 bridgehead atoms. The van der Waals surface area contributed by atoms with Gasteiger partial charge in [-0.1, -0.05) is 41.4 Å². The molecule has 3 aromatic carbocycles. The topological polar surface area (TPSA) is 109 Å². The van der Waals surface area contributed by atoms with Gasteiger partial charge in [0, 0.05) is 71.8 Å². The van der Waals surface area contributed by atoms with Crippen molar-refractivity contribution in [2.75, 3.05) is 62.5 Å². The van der Waals surface area contributed by atoms with Gasteiger partial charge in [0.05, 0.1) is 15.6 Å². The lowest BCUT2D eigenvalue weighted by Gasteiger charge is -2.31. The zero-order chi connectivity index (χ0) is 32.5. The van der Waals surface area contributed by atoms with Crippen molar-refractivity contribution in [1.29, 1.82) is 0 Å². The van der Waals surface area contributed by atoms with E-state index in [1.54, 1.807) is 36.4 Å². The van der Waals surface area contributed by atoms with Crippen molar-refractivity contribution in [3.63, 3.8) is 0 Å². The lowest BCUT2D eigenvalue weighted by molar-refractivity contribution is -0.129. The number of fused-ring (bicyclic) bond motifs is 2. The van der Waals surface area contributed by atoms with Gasteiger partial charge in [0.2, 0.25) is 0 Å². The van der Waals surface area contributed by atoms with Crippen LogP contribution in [0.4, 0.5) is 0 Å². The van der Waals surface area contributed by atoms with Gasteiger partial charge in [0.25, 0.3) is 0 Å². The summed E-state index contributed by atoms with van der Waals surface area (Å²) in [4.78, 5) is 13.4. The Morgan fingerprint density at radius 2 is 1.11 bits per heavy atom. The molecule has 0 atom stereocenters. The number of ether oxygens (including phenoxy) is 10. The normalized spacial score (nSPS) is 12.7. The number of carbonyl (C=O) groups is 1. The highest BCUT2D eigenvalue weighted by Gasteiger charge is 2.34. The number of halogens is 2. The van der Waals surface area contributed by atoms with Crippen LogP contribution in [0.25, 0.3) is 0 Å². The van der Waals surface area contributed by atoms with Crippen LogP contribution in [0.1, 0.15) is 33.0 Å². The van der Waals surface area contributed by atoms with Gasteiger partial charge in [-0.25, -0.2) is 4.79 Å². The third-order valence-corrected chi connectivity index (χ3v) is 7.73. The van der Waals surface area contributed by atoms with E-state index < -0.39 is 30.8 Å². The van der Waals surface area contributed by atoms with E-state index in [0.717, 1.165) is 0 Å². The number of benzene rings is 3. The van der Waals surface area contributed by atoms with Crippen molar-refractivity contribution in [2.24, 2.45) is 0 Å². The van der Waals surface area contributed by atoms with Gasteiger partial charge in [-0.15, -0.1) is 0 Å². The molecule has 1 aliphatic rings. The van der Waals surface area contributed by atoms with Gasteiger partial charge in [-0.05, 0) is 23.8 Å². The number of rotatable bonds is 16. The molecule has 0 aromatic heterocycles. The molecule has 4 rings (SSSR count). The van der Waals surface area contributed by atoms with Gasteiger partial charge in [-0.3, -0.25) is 0 Å². The predicted octanol–water partition coefficient (Wildman–Crippen LogP) is 6.05. The third-order valence-electron chi connectivity index (χ3n) is 7.14. The van der Waals surface area contributed by atoms with Gasteiger partial charge >= 0.3 is 5.97 Å². The summed E-state index contributed by atoms with van der Waals surface area (Å²) in [6, 6.07) is 13.9. The molecular formula is C32H36Cl2O11. The van der Waals surface area contributed by atoms with Crippen molar-refractivity contribution in [3.8, 4) is 23.0 Å². The molecule has 0 N–H and O–H groups in total. The minimum Gasteiger partial charge on any atom is -0.487 e. The Bertz CT molecular complexity index is 1370. The lowest BCUT2D eigenvalue weighted by Crippen LogP contribution is -2.24. The molecule has 0 radical (unpaired) electrons. The third kappa shape index (κ3) is 8.18. The molecule has 45 heavy (non-hydrogen) atoms. The maximum Gasteiger partial charge on any atom is 0.338 e. The van der Waals surface area contributed by atoms with E-state index in [1.165, 1.54) is 42.7 Å². The van der Waals surface area contributed by atoms with E-state index in [-0.39, 0.29) is 19.8 Å². The summed E-state index contributed by atoms with van der Waals surface area (Å²) in [6.45, 7) is 0.0594. The van der Waals surface area contributed by atoms with Crippen molar-refractivity contribution in [1.82, 2.24) is 0 Å². The summed E-state index contributed by atoms with van der Waals surface area (Å²) in [5, 5.41) is 0.632. The summed E-state index contributed by atoms with van der Waals surface area (Å²) >= 11 is 13.5. The molecule has 0 aliphatic carbocycles. The predicted molar refractivity (Wildman–Crippen MR) is 165 cm³/mol. The van der Waals surface area contributed by atoms with Crippen molar-refractivity contribution in [2.45, 2.75) is 24.8 Å². The van der Waals surface area contributed by atoms with E-state index in [9.17, 15) is 4.79 Å². The van der Waals surface area contributed by atoms with Gasteiger partial charge < -0.3 is 47.4 Å². The van der Waals surface area contributed by atoms with Crippen LogP contribution in [-0.4, -0.2) is 87.3 Å². The Balaban J connectivity index is 1.81. The van der Waals surface area contributed by atoms with Crippen LogP contribution in [0.15, 0.2) is 48.5 Å². The summed E-state index contributed by atoms with van der Waals surface area (Å²) in [5.41, 5.74) is 2.30. The molecule has 244 valence electrons. The quantitative estimate of drug-likeness (QED) is 0.103. The highest BCUT2D eigenvalue weighted by atomic mass is 35.5. The first-order valence-electron chi connectivity index (χ1n) is 13.8. The van der Waals surface area contributed by atoms with E-state index in [0.29, 0.717) is 55.3 Å². The standard InChI is InChI=1S/C32H36Cl2O11/c1-36-28(37-2)15-42-26-13-24-20(11-22(26)33)31(18-9-7-8-10-19(18)32(35)44-17-30(40-5)41-6)21-12-23(34)27(14-25(21)45-24)43-16-29(38-3)39-4/h7-14,28-31H,15-17H2,1-6H3. The minimum atomic E-state index is -0.716. The van der Waals surface area contributed by atoms with E-state index in [4.69, 9.17) is 70.6 Å². The van der Waals surface area contributed by atoms with Crippen LogP contribution in [0.5, 0.6) is 23.0 Å². The Hall–Kier alpha value is -3.13. The zero-order valence-electron chi connectivity index (χ0n) is 25.8. The first kappa shape index (κ1) is 34.7. The van der Waals surface area contributed by atoms with Crippen molar-refractivity contribution in [3.05, 3.63) is 80.8 Å². The van der Waals surface area contributed by atoms with E-state index in [1.807, 2.05) is 12.1 Å². The van der Waals surface area contributed by atoms with Gasteiger partial charge in [-0.2, -0.15) is 0 Å². The maximum absolute atomic E-state index is 13.4. The molecule has 0 fully saturated rings. The highest BCUT2D eigenvalue weighted by molar-refractivity contribution is 6.32. The van der Waals surface area contributed by atoms with E-state index in [2.05, 4.69) is 0 Å². The van der Waals surface area contributed by atoms with E-state index >= 15 is 0 Å². The number of hydrogen-bond donors (Lipinski definition) is 0. The first-order valence-corrected chi connectivity index (χ1v) is 14.6. The van der Waals surface area contributed by atoms with Crippen LogP contribution in [0.2, 0.25) is 10.0 Å². The number of esters is 1. The maximum atomic E-state index is 13.4. The van der Waals surface area contributed by atoms with Crippen molar-refractivity contribution < 1.29 is 52.2 Å². The monoisotopic (exact) mass is 666 g/mol.